The summed E-state index contributed by atoms with van der Waals surface area (Å²) in [6.45, 7) is 7.52. The van der Waals surface area contributed by atoms with Gasteiger partial charge in [-0.1, -0.05) is 25.1 Å². The first kappa shape index (κ1) is 19.9. The van der Waals surface area contributed by atoms with Crippen molar-refractivity contribution in [3.8, 4) is 0 Å². The van der Waals surface area contributed by atoms with Crippen LogP contribution in [0.1, 0.15) is 43.9 Å². The monoisotopic (exact) mass is 386 g/mol. The molecular weight excluding hydrogens is 354 g/mol. The number of nitrogens with zero attached hydrogens (tertiary/aromatic N) is 1. The molecule has 1 aromatic carbocycles. The fourth-order valence-electron chi connectivity index (χ4n) is 3.76. The van der Waals surface area contributed by atoms with Gasteiger partial charge in [0.05, 0.1) is 39.0 Å². The van der Waals surface area contributed by atoms with Crippen molar-refractivity contribution >= 4 is 23.0 Å². The summed E-state index contributed by atoms with van der Waals surface area (Å²) in [6.07, 6.45) is 8.18. The van der Waals surface area contributed by atoms with Crippen molar-refractivity contribution in [2.75, 3.05) is 31.5 Å². The van der Waals surface area contributed by atoms with Gasteiger partial charge in [-0.25, -0.2) is 0 Å². The molecule has 146 valence electrons. The third-order valence-corrected chi connectivity index (χ3v) is 5.76. The Morgan fingerprint density at radius 1 is 1.11 bits per heavy atom. The number of quaternary nitrogens is 1. The highest BCUT2D eigenvalue weighted by Crippen LogP contribution is 2.17. The van der Waals surface area contributed by atoms with E-state index in [0.29, 0.717) is 6.54 Å². The van der Waals surface area contributed by atoms with Gasteiger partial charge in [0.15, 0.2) is 5.11 Å². The SMILES string of the molecule is CCc1ccccc1NC(=S)N(CC[NH+]1CCCCCC1)Cc1ccco1. The lowest BCUT2D eigenvalue weighted by molar-refractivity contribution is -0.898. The minimum atomic E-state index is 0.709. The van der Waals surface area contributed by atoms with Crippen molar-refractivity contribution in [3.63, 3.8) is 0 Å². The molecule has 1 saturated heterocycles. The predicted octanol–water partition coefficient (Wildman–Crippen LogP) is 3.50. The highest BCUT2D eigenvalue weighted by Gasteiger charge is 2.18. The zero-order valence-corrected chi connectivity index (χ0v) is 17.2. The number of rotatable bonds is 7. The molecule has 0 spiro atoms. The molecule has 27 heavy (non-hydrogen) atoms. The average molecular weight is 387 g/mol. The van der Waals surface area contributed by atoms with Crippen molar-refractivity contribution in [2.45, 2.75) is 45.6 Å². The summed E-state index contributed by atoms with van der Waals surface area (Å²) >= 11 is 5.80. The molecule has 0 radical (unpaired) electrons. The topological polar surface area (TPSA) is 32.9 Å². The van der Waals surface area contributed by atoms with E-state index in [0.717, 1.165) is 36.1 Å². The molecule has 0 aliphatic carbocycles. The number of para-hydroxylation sites is 1. The third-order valence-electron chi connectivity index (χ3n) is 5.40. The number of anilines is 1. The lowest BCUT2D eigenvalue weighted by Gasteiger charge is -2.27. The van der Waals surface area contributed by atoms with Crippen molar-refractivity contribution in [3.05, 3.63) is 54.0 Å². The molecule has 0 unspecified atom stereocenters. The summed E-state index contributed by atoms with van der Waals surface area (Å²) in [7, 11) is 0. The Balaban J connectivity index is 1.65. The molecule has 2 aromatic rings. The molecular formula is C22H32N3OS+. The van der Waals surface area contributed by atoms with E-state index in [4.69, 9.17) is 16.6 Å². The molecule has 0 saturated carbocycles. The predicted molar refractivity (Wildman–Crippen MR) is 115 cm³/mol. The van der Waals surface area contributed by atoms with E-state index in [2.05, 4.69) is 41.4 Å². The standard InChI is InChI=1S/C22H31N3OS/c1-2-19-10-5-6-12-21(19)23-22(27)25(18-20-11-9-17-26-20)16-15-24-13-7-3-4-8-14-24/h5-6,9-12,17H,2-4,7-8,13-16,18H2,1H3,(H,23,27)/p+1. The van der Waals surface area contributed by atoms with Crippen LogP contribution in [0.15, 0.2) is 47.1 Å². The number of benzene rings is 1. The molecule has 4 nitrogen and oxygen atoms in total. The Morgan fingerprint density at radius 2 is 1.89 bits per heavy atom. The van der Waals surface area contributed by atoms with Gasteiger partial charge in [0.1, 0.15) is 5.76 Å². The molecule has 0 amide bonds. The second-order valence-corrected chi connectivity index (χ2v) is 7.74. The van der Waals surface area contributed by atoms with Crippen LogP contribution in [0, 0.1) is 0 Å². The first-order valence-corrected chi connectivity index (χ1v) is 10.7. The van der Waals surface area contributed by atoms with Crippen LogP contribution in [0.2, 0.25) is 0 Å². The fourth-order valence-corrected chi connectivity index (χ4v) is 4.03. The van der Waals surface area contributed by atoms with Crippen LogP contribution < -0.4 is 10.2 Å². The fraction of sp³-hybridized carbons (Fsp3) is 0.500. The van der Waals surface area contributed by atoms with Crippen molar-refractivity contribution in [2.24, 2.45) is 0 Å². The normalized spacial score (nSPS) is 15.3. The van der Waals surface area contributed by atoms with E-state index < -0.39 is 0 Å². The highest BCUT2D eigenvalue weighted by atomic mass is 32.1. The van der Waals surface area contributed by atoms with Gasteiger partial charge in [-0.15, -0.1) is 0 Å². The van der Waals surface area contributed by atoms with Gasteiger partial charge < -0.3 is 19.5 Å². The van der Waals surface area contributed by atoms with Crippen LogP contribution in [0.25, 0.3) is 0 Å². The Labute approximate surface area is 168 Å². The van der Waals surface area contributed by atoms with Crippen molar-refractivity contribution in [1.29, 1.82) is 0 Å². The van der Waals surface area contributed by atoms with Gasteiger partial charge in [0.2, 0.25) is 0 Å². The second-order valence-electron chi connectivity index (χ2n) is 7.36. The van der Waals surface area contributed by atoms with Crippen LogP contribution in [0.3, 0.4) is 0 Å². The maximum atomic E-state index is 5.80. The molecule has 3 rings (SSSR count). The zero-order chi connectivity index (χ0) is 18.9. The molecule has 1 aromatic heterocycles. The molecule has 1 fully saturated rings. The molecule has 0 bridgehead atoms. The number of furan rings is 1. The van der Waals surface area contributed by atoms with Gasteiger partial charge in [-0.2, -0.15) is 0 Å². The van der Waals surface area contributed by atoms with E-state index in [-0.39, 0.29) is 0 Å². The number of thiocarbonyl (C=S) groups is 1. The summed E-state index contributed by atoms with van der Waals surface area (Å²) in [5, 5.41) is 4.26. The lowest BCUT2D eigenvalue weighted by atomic mass is 10.1. The number of hydrogen-bond donors (Lipinski definition) is 2. The third kappa shape index (κ3) is 6.08. The molecule has 1 aliphatic rings. The Kier molecular flexibility index (Phi) is 7.72. The number of likely N-dealkylation sites (tertiary alicyclic amines) is 1. The molecule has 0 atom stereocenters. The van der Waals surface area contributed by atoms with Gasteiger partial charge in [0.25, 0.3) is 0 Å². The van der Waals surface area contributed by atoms with Crippen LogP contribution in [0.4, 0.5) is 5.69 Å². The van der Waals surface area contributed by atoms with E-state index in [9.17, 15) is 0 Å². The maximum Gasteiger partial charge on any atom is 0.174 e. The highest BCUT2D eigenvalue weighted by molar-refractivity contribution is 7.80. The molecule has 2 N–H and O–H groups in total. The number of nitrogens with one attached hydrogen (secondary N) is 2. The maximum absolute atomic E-state index is 5.80. The first-order valence-electron chi connectivity index (χ1n) is 10.3. The van der Waals surface area contributed by atoms with Crippen LogP contribution in [-0.4, -0.2) is 36.2 Å². The number of hydrogen-bond acceptors (Lipinski definition) is 2. The van der Waals surface area contributed by atoms with Crippen molar-refractivity contribution < 1.29 is 9.32 Å². The summed E-state index contributed by atoms with van der Waals surface area (Å²) in [5.74, 6) is 0.953. The van der Waals surface area contributed by atoms with Gasteiger partial charge in [-0.3, -0.25) is 0 Å². The van der Waals surface area contributed by atoms with Crippen LogP contribution >= 0.6 is 12.2 Å². The van der Waals surface area contributed by atoms with Crippen molar-refractivity contribution in [1.82, 2.24) is 4.90 Å². The quantitative estimate of drug-likeness (QED) is 0.714. The summed E-state index contributed by atoms with van der Waals surface area (Å²) < 4.78 is 5.59. The minimum absolute atomic E-state index is 0.709. The Hall–Kier alpha value is -1.85. The average Bonchev–Trinajstić information content (AvgIpc) is 3.06. The lowest BCUT2D eigenvalue weighted by Crippen LogP contribution is -3.12. The van der Waals surface area contributed by atoms with E-state index >= 15 is 0 Å². The van der Waals surface area contributed by atoms with Gasteiger partial charge in [0, 0.05) is 5.69 Å². The summed E-state index contributed by atoms with van der Waals surface area (Å²) in [4.78, 5) is 3.95. The van der Waals surface area contributed by atoms with E-state index in [1.165, 1.54) is 44.3 Å². The first-order chi connectivity index (χ1) is 13.3. The summed E-state index contributed by atoms with van der Waals surface area (Å²) in [6, 6.07) is 12.4. The molecule has 1 aliphatic heterocycles. The van der Waals surface area contributed by atoms with Gasteiger partial charge >= 0.3 is 0 Å². The van der Waals surface area contributed by atoms with Gasteiger partial charge in [-0.05, 0) is 68.1 Å². The Bertz CT molecular complexity index is 693. The zero-order valence-electron chi connectivity index (χ0n) is 16.4. The Morgan fingerprint density at radius 3 is 2.59 bits per heavy atom. The molecule has 2 heterocycles. The van der Waals surface area contributed by atoms with Crippen LogP contribution in [-0.2, 0) is 13.0 Å². The second kappa shape index (κ2) is 10.5. The summed E-state index contributed by atoms with van der Waals surface area (Å²) in [5.41, 5.74) is 2.40. The van der Waals surface area contributed by atoms with E-state index in [1.807, 2.05) is 12.1 Å². The van der Waals surface area contributed by atoms with E-state index in [1.54, 1.807) is 11.2 Å². The van der Waals surface area contributed by atoms with Crippen LogP contribution in [0.5, 0.6) is 0 Å². The smallest absolute Gasteiger partial charge is 0.174 e. The number of aryl methyl sites for hydroxylation is 1. The largest absolute Gasteiger partial charge is 0.467 e. The molecule has 5 heteroatoms. The minimum Gasteiger partial charge on any atom is -0.467 e.